The third kappa shape index (κ3) is 2.36. The number of nitrogens with two attached hydrogens (primary N) is 1. The molecule has 0 amide bonds. The van der Waals surface area contributed by atoms with Crippen LogP contribution in [0.25, 0.3) is 0 Å². The number of hydrogen-bond donors (Lipinski definition) is 1. The van der Waals surface area contributed by atoms with E-state index in [0.717, 1.165) is 10.1 Å². The molecule has 0 saturated heterocycles. The molecule has 3 nitrogen and oxygen atoms in total. The molecule has 0 radical (unpaired) electrons. The van der Waals surface area contributed by atoms with E-state index >= 15 is 0 Å². The first-order valence-corrected chi connectivity index (χ1v) is 4.66. The van der Waals surface area contributed by atoms with Gasteiger partial charge in [0.25, 0.3) is 0 Å². The molecule has 0 aromatic carbocycles. The molecule has 1 aromatic rings. The van der Waals surface area contributed by atoms with E-state index in [2.05, 4.69) is 41.5 Å². The normalized spacial score (nSPS) is 10.9. The van der Waals surface area contributed by atoms with Gasteiger partial charge in [-0.3, -0.25) is 4.68 Å². The fourth-order valence-electron chi connectivity index (χ4n) is 0.880. The summed E-state index contributed by atoms with van der Waals surface area (Å²) >= 11 is 2.18. The maximum atomic E-state index is 5.58. The smallest absolute Gasteiger partial charge is 0.158 e. The predicted octanol–water partition coefficient (Wildman–Crippen LogP) is 1.73. The number of hydrogen-bond acceptors (Lipinski definition) is 2. The van der Waals surface area contributed by atoms with Crippen molar-refractivity contribution in [1.82, 2.24) is 9.78 Å². The Labute approximate surface area is 80.1 Å². The second-order valence-corrected chi connectivity index (χ2v) is 4.14. The van der Waals surface area contributed by atoms with Gasteiger partial charge in [0.15, 0.2) is 5.82 Å². The van der Waals surface area contributed by atoms with Crippen molar-refractivity contribution < 1.29 is 0 Å². The van der Waals surface area contributed by atoms with Crippen molar-refractivity contribution in [3.8, 4) is 0 Å². The second-order valence-electron chi connectivity index (χ2n) is 2.98. The molecular weight excluding hydrogens is 253 g/mol. The van der Waals surface area contributed by atoms with Gasteiger partial charge in [0.1, 0.15) is 0 Å². The Balaban J connectivity index is 2.73. The minimum atomic E-state index is 0.616. The first kappa shape index (κ1) is 8.83. The first-order chi connectivity index (χ1) is 5.09. The van der Waals surface area contributed by atoms with Crippen LogP contribution in [0.1, 0.15) is 13.8 Å². The predicted molar refractivity (Wildman–Crippen MR) is 54.2 cm³/mol. The lowest BCUT2D eigenvalue weighted by Gasteiger charge is -2.02. The van der Waals surface area contributed by atoms with Crippen molar-refractivity contribution in [2.45, 2.75) is 20.4 Å². The van der Waals surface area contributed by atoms with Gasteiger partial charge in [-0.1, -0.05) is 13.8 Å². The molecule has 1 heterocycles. The molecule has 4 heteroatoms. The van der Waals surface area contributed by atoms with E-state index in [-0.39, 0.29) is 0 Å². The van der Waals surface area contributed by atoms with E-state index < -0.39 is 0 Å². The summed E-state index contributed by atoms with van der Waals surface area (Å²) < 4.78 is 2.92. The largest absolute Gasteiger partial charge is 0.381 e. The van der Waals surface area contributed by atoms with Crippen molar-refractivity contribution in [2.24, 2.45) is 5.92 Å². The zero-order valence-electron chi connectivity index (χ0n) is 6.71. The summed E-state index contributed by atoms with van der Waals surface area (Å²) in [4.78, 5) is 0. The minimum Gasteiger partial charge on any atom is -0.381 e. The Hall–Kier alpha value is -0.260. The van der Waals surface area contributed by atoms with Crippen LogP contribution in [0.3, 0.4) is 0 Å². The molecule has 0 spiro atoms. The Kier molecular flexibility index (Phi) is 2.75. The summed E-state index contributed by atoms with van der Waals surface area (Å²) in [5.74, 6) is 1.25. The van der Waals surface area contributed by atoms with Gasteiger partial charge in [0.05, 0.1) is 3.57 Å². The molecule has 0 atom stereocenters. The molecule has 0 unspecified atom stereocenters. The average molecular weight is 265 g/mol. The average Bonchev–Trinajstić information content (AvgIpc) is 2.10. The van der Waals surface area contributed by atoms with Crippen molar-refractivity contribution in [1.29, 1.82) is 0 Å². The number of nitrogen functional groups attached to an aromatic ring is 1. The van der Waals surface area contributed by atoms with Crippen molar-refractivity contribution in [3.05, 3.63) is 9.77 Å². The zero-order chi connectivity index (χ0) is 8.43. The van der Waals surface area contributed by atoms with E-state index in [1.54, 1.807) is 0 Å². The molecule has 0 aliphatic carbocycles. The molecule has 1 aromatic heterocycles. The quantitative estimate of drug-likeness (QED) is 0.827. The van der Waals surface area contributed by atoms with Crippen LogP contribution in [-0.2, 0) is 6.54 Å². The van der Waals surface area contributed by atoms with Crippen molar-refractivity contribution in [3.63, 3.8) is 0 Å². The summed E-state index contributed by atoms with van der Waals surface area (Å²) in [6.07, 6.45) is 1.97. The van der Waals surface area contributed by atoms with Crippen LogP contribution in [0, 0.1) is 9.49 Å². The zero-order valence-corrected chi connectivity index (χ0v) is 8.87. The van der Waals surface area contributed by atoms with Crippen LogP contribution in [0.15, 0.2) is 6.20 Å². The van der Waals surface area contributed by atoms with Crippen LogP contribution >= 0.6 is 22.6 Å². The maximum Gasteiger partial charge on any atom is 0.158 e. The van der Waals surface area contributed by atoms with Crippen molar-refractivity contribution >= 4 is 28.4 Å². The minimum absolute atomic E-state index is 0.616. The third-order valence-electron chi connectivity index (χ3n) is 1.30. The highest BCUT2D eigenvalue weighted by atomic mass is 127. The second kappa shape index (κ2) is 3.42. The molecule has 11 heavy (non-hydrogen) atoms. The molecule has 0 bridgehead atoms. The lowest BCUT2D eigenvalue weighted by molar-refractivity contribution is 0.484. The van der Waals surface area contributed by atoms with Crippen LogP contribution in [0.4, 0.5) is 5.82 Å². The number of rotatable bonds is 2. The van der Waals surface area contributed by atoms with Gasteiger partial charge in [0, 0.05) is 12.7 Å². The van der Waals surface area contributed by atoms with Gasteiger partial charge in [0.2, 0.25) is 0 Å². The fourth-order valence-corrected chi connectivity index (χ4v) is 1.31. The van der Waals surface area contributed by atoms with E-state index in [1.165, 1.54) is 0 Å². The number of anilines is 1. The van der Waals surface area contributed by atoms with E-state index in [1.807, 2.05) is 10.9 Å². The lowest BCUT2D eigenvalue weighted by atomic mass is 10.2. The summed E-state index contributed by atoms with van der Waals surface area (Å²) in [7, 11) is 0. The van der Waals surface area contributed by atoms with E-state index in [0.29, 0.717) is 11.7 Å². The van der Waals surface area contributed by atoms with E-state index in [4.69, 9.17) is 5.73 Å². The van der Waals surface area contributed by atoms with Gasteiger partial charge in [-0.15, -0.1) is 0 Å². The number of nitrogens with zero attached hydrogens (tertiary/aromatic N) is 2. The number of halogens is 1. The Morgan fingerprint density at radius 2 is 2.36 bits per heavy atom. The molecule has 0 aliphatic rings. The third-order valence-corrected chi connectivity index (χ3v) is 2.13. The summed E-state index contributed by atoms with van der Waals surface area (Å²) in [5.41, 5.74) is 5.58. The number of aromatic nitrogens is 2. The summed E-state index contributed by atoms with van der Waals surface area (Å²) in [6, 6.07) is 0. The highest BCUT2D eigenvalue weighted by Crippen LogP contribution is 2.12. The fraction of sp³-hybridized carbons (Fsp3) is 0.571. The molecule has 0 aliphatic heterocycles. The molecule has 2 N–H and O–H groups in total. The standard InChI is InChI=1S/C7H12IN3/c1-5(2)3-11-4-6(8)7(9)10-11/h4-5H,3H2,1-2H3,(H2,9,10). The van der Waals surface area contributed by atoms with Gasteiger partial charge in [-0.2, -0.15) is 5.10 Å². The molecular formula is C7H12IN3. The molecule has 62 valence electrons. The van der Waals surface area contributed by atoms with Crippen LogP contribution < -0.4 is 5.73 Å². The van der Waals surface area contributed by atoms with Gasteiger partial charge < -0.3 is 5.73 Å². The summed E-state index contributed by atoms with van der Waals surface area (Å²) in [5, 5.41) is 4.14. The van der Waals surface area contributed by atoms with Gasteiger partial charge in [-0.05, 0) is 28.5 Å². The highest BCUT2D eigenvalue weighted by molar-refractivity contribution is 14.1. The molecule has 0 saturated carbocycles. The maximum absolute atomic E-state index is 5.58. The topological polar surface area (TPSA) is 43.8 Å². The van der Waals surface area contributed by atoms with Crippen LogP contribution in [0.2, 0.25) is 0 Å². The van der Waals surface area contributed by atoms with Gasteiger partial charge in [-0.25, -0.2) is 0 Å². The Morgan fingerprint density at radius 1 is 1.73 bits per heavy atom. The molecule has 0 fully saturated rings. The highest BCUT2D eigenvalue weighted by Gasteiger charge is 2.02. The van der Waals surface area contributed by atoms with E-state index in [9.17, 15) is 0 Å². The lowest BCUT2D eigenvalue weighted by Crippen LogP contribution is -2.04. The van der Waals surface area contributed by atoms with Crippen LogP contribution in [0.5, 0.6) is 0 Å². The van der Waals surface area contributed by atoms with Crippen LogP contribution in [-0.4, -0.2) is 9.78 Å². The monoisotopic (exact) mass is 265 g/mol. The molecule has 1 rings (SSSR count). The Morgan fingerprint density at radius 3 is 2.73 bits per heavy atom. The summed E-state index contributed by atoms with van der Waals surface area (Å²) in [6.45, 7) is 5.25. The Bertz CT molecular complexity index is 222. The SMILES string of the molecule is CC(C)Cn1cc(I)c(N)n1. The first-order valence-electron chi connectivity index (χ1n) is 3.58. The van der Waals surface area contributed by atoms with Gasteiger partial charge >= 0.3 is 0 Å². The van der Waals surface area contributed by atoms with Crippen molar-refractivity contribution in [2.75, 3.05) is 5.73 Å².